The first kappa shape index (κ1) is 16.9. The van der Waals surface area contributed by atoms with E-state index in [1.165, 1.54) is 0 Å². The van der Waals surface area contributed by atoms with Gasteiger partial charge in [-0.05, 0) is 49.4 Å². The predicted octanol–water partition coefficient (Wildman–Crippen LogP) is 4.63. The summed E-state index contributed by atoms with van der Waals surface area (Å²) in [5, 5.41) is 2.85. The molecule has 3 aromatic rings. The monoisotopic (exact) mass is 364 g/mol. The molecule has 1 atom stereocenters. The van der Waals surface area contributed by atoms with Gasteiger partial charge >= 0.3 is 0 Å². The number of carbonyl (C=O) groups is 1. The summed E-state index contributed by atoms with van der Waals surface area (Å²) in [7, 11) is 0. The quantitative estimate of drug-likeness (QED) is 0.687. The maximum atomic E-state index is 12.5. The number of nitrogens with zero attached hydrogens (tertiary/aromatic N) is 1. The highest BCUT2D eigenvalue weighted by molar-refractivity contribution is 8.00. The lowest BCUT2D eigenvalue weighted by atomic mass is 10.1. The third kappa shape index (κ3) is 3.54. The standard InChI is InChI=1S/C21H20N2O2S/c1-15(26-19-7-3-2-4-8-19)21(24)22-17-9-10-20-16(12-17)13-25-14-18-6-5-11-23(18)20/h2-12,15H,13-14H2,1H3,(H,22,24). The highest BCUT2D eigenvalue weighted by atomic mass is 32.2. The van der Waals surface area contributed by atoms with Crippen LogP contribution in [0, 0.1) is 0 Å². The lowest BCUT2D eigenvalue weighted by Crippen LogP contribution is -2.22. The number of hydrogen-bond donors (Lipinski definition) is 1. The van der Waals surface area contributed by atoms with E-state index in [4.69, 9.17) is 4.74 Å². The topological polar surface area (TPSA) is 43.3 Å². The third-order valence-corrected chi connectivity index (χ3v) is 5.48. The minimum Gasteiger partial charge on any atom is -0.370 e. The van der Waals surface area contributed by atoms with Crippen LogP contribution in [-0.2, 0) is 22.7 Å². The molecule has 0 aliphatic carbocycles. The van der Waals surface area contributed by atoms with Crippen LogP contribution in [0.3, 0.4) is 0 Å². The Morgan fingerprint density at radius 3 is 2.81 bits per heavy atom. The number of carbonyl (C=O) groups excluding carboxylic acids is 1. The molecule has 5 heteroatoms. The van der Waals surface area contributed by atoms with Gasteiger partial charge in [0, 0.05) is 28.0 Å². The Morgan fingerprint density at radius 2 is 1.96 bits per heavy atom. The molecule has 0 saturated carbocycles. The molecule has 0 saturated heterocycles. The molecule has 2 aromatic carbocycles. The Hall–Kier alpha value is -2.50. The van der Waals surface area contributed by atoms with Gasteiger partial charge in [-0.3, -0.25) is 4.79 Å². The van der Waals surface area contributed by atoms with Crippen LogP contribution in [0.15, 0.2) is 71.8 Å². The summed E-state index contributed by atoms with van der Waals surface area (Å²) in [6, 6.07) is 20.0. The Bertz CT molecular complexity index is 921. The van der Waals surface area contributed by atoms with Crippen LogP contribution in [0.2, 0.25) is 0 Å². The van der Waals surface area contributed by atoms with Crippen LogP contribution in [0.1, 0.15) is 18.2 Å². The number of ether oxygens (including phenoxy) is 1. The molecule has 4 nitrogen and oxygen atoms in total. The van der Waals surface area contributed by atoms with Gasteiger partial charge in [-0.1, -0.05) is 18.2 Å². The molecule has 0 fully saturated rings. The summed E-state index contributed by atoms with van der Waals surface area (Å²) in [6.07, 6.45) is 2.04. The molecule has 1 N–H and O–H groups in total. The molecule has 4 rings (SSSR count). The minimum atomic E-state index is -0.177. The average Bonchev–Trinajstić information content (AvgIpc) is 3.04. The van der Waals surface area contributed by atoms with E-state index in [1.54, 1.807) is 11.8 Å². The van der Waals surface area contributed by atoms with Crippen LogP contribution in [0.5, 0.6) is 0 Å². The van der Waals surface area contributed by atoms with Gasteiger partial charge in [-0.2, -0.15) is 0 Å². The summed E-state index contributed by atoms with van der Waals surface area (Å²) in [6.45, 7) is 3.05. The maximum Gasteiger partial charge on any atom is 0.237 e. The first-order valence-electron chi connectivity index (χ1n) is 8.60. The smallest absolute Gasteiger partial charge is 0.237 e. The number of nitrogens with one attached hydrogen (secondary N) is 1. The summed E-state index contributed by atoms with van der Waals surface area (Å²) >= 11 is 1.55. The fourth-order valence-electron chi connectivity index (χ4n) is 3.05. The molecule has 2 heterocycles. The largest absolute Gasteiger partial charge is 0.370 e. The summed E-state index contributed by atoms with van der Waals surface area (Å²) < 4.78 is 7.90. The first-order valence-corrected chi connectivity index (χ1v) is 9.48. The molecule has 1 unspecified atom stereocenters. The molecule has 0 radical (unpaired) electrons. The second-order valence-corrected chi connectivity index (χ2v) is 7.68. The number of fused-ring (bicyclic) bond motifs is 3. The van der Waals surface area contributed by atoms with E-state index in [0.717, 1.165) is 27.5 Å². The first-order chi connectivity index (χ1) is 12.7. The Morgan fingerprint density at radius 1 is 1.12 bits per heavy atom. The Balaban J connectivity index is 1.49. The molecular formula is C21H20N2O2S. The molecule has 1 amide bonds. The van der Waals surface area contributed by atoms with Crippen molar-refractivity contribution in [2.24, 2.45) is 0 Å². The number of rotatable bonds is 4. The molecule has 132 valence electrons. The predicted molar refractivity (Wildman–Crippen MR) is 105 cm³/mol. The highest BCUT2D eigenvalue weighted by Crippen LogP contribution is 2.27. The van der Waals surface area contributed by atoms with Gasteiger partial charge < -0.3 is 14.6 Å². The number of aromatic nitrogens is 1. The van der Waals surface area contributed by atoms with Gasteiger partial charge in [0.1, 0.15) is 0 Å². The van der Waals surface area contributed by atoms with Gasteiger partial charge in [0.15, 0.2) is 0 Å². The fourth-order valence-corrected chi connectivity index (χ4v) is 3.94. The van der Waals surface area contributed by atoms with Gasteiger partial charge in [-0.15, -0.1) is 11.8 Å². The van der Waals surface area contributed by atoms with E-state index < -0.39 is 0 Å². The van der Waals surface area contributed by atoms with Crippen LogP contribution in [-0.4, -0.2) is 15.7 Å². The third-order valence-electron chi connectivity index (χ3n) is 4.37. The minimum absolute atomic E-state index is 0.00463. The zero-order chi connectivity index (χ0) is 17.9. The zero-order valence-electron chi connectivity index (χ0n) is 14.5. The van der Waals surface area contributed by atoms with Gasteiger partial charge in [0.05, 0.1) is 24.2 Å². The second kappa shape index (κ2) is 7.40. The fraction of sp³-hybridized carbons (Fsp3) is 0.190. The van der Waals surface area contributed by atoms with Gasteiger partial charge in [0.25, 0.3) is 0 Å². The van der Waals surface area contributed by atoms with E-state index in [-0.39, 0.29) is 11.2 Å². The summed E-state index contributed by atoms with van der Waals surface area (Å²) in [5.41, 5.74) is 4.11. The molecule has 26 heavy (non-hydrogen) atoms. The van der Waals surface area contributed by atoms with Crippen LogP contribution < -0.4 is 5.32 Å². The Labute approximate surface area is 157 Å². The van der Waals surface area contributed by atoms with E-state index in [2.05, 4.69) is 16.0 Å². The van der Waals surface area contributed by atoms with Crippen LogP contribution in [0.25, 0.3) is 5.69 Å². The summed E-state index contributed by atoms with van der Waals surface area (Å²) in [5.74, 6) is -0.00463. The number of anilines is 1. The highest BCUT2D eigenvalue weighted by Gasteiger charge is 2.17. The number of hydrogen-bond acceptors (Lipinski definition) is 3. The molecule has 1 aliphatic heterocycles. The Kier molecular flexibility index (Phi) is 4.82. The molecule has 1 aliphatic rings. The number of benzene rings is 2. The van der Waals surface area contributed by atoms with Crippen molar-refractivity contribution in [3.8, 4) is 5.69 Å². The lowest BCUT2D eigenvalue weighted by molar-refractivity contribution is -0.115. The normalized spacial score (nSPS) is 14.0. The van der Waals surface area contributed by atoms with Crippen molar-refractivity contribution in [1.82, 2.24) is 4.57 Å². The second-order valence-electron chi connectivity index (χ2n) is 6.27. The maximum absolute atomic E-state index is 12.5. The zero-order valence-corrected chi connectivity index (χ0v) is 15.3. The van der Waals surface area contributed by atoms with Crippen molar-refractivity contribution in [3.63, 3.8) is 0 Å². The van der Waals surface area contributed by atoms with Gasteiger partial charge in [-0.25, -0.2) is 0 Å². The van der Waals surface area contributed by atoms with Gasteiger partial charge in [0.2, 0.25) is 5.91 Å². The van der Waals surface area contributed by atoms with Crippen LogP contribution >= 0.6 is 11.8 Å². The van der Waals surface area contributed by atoms with E-state index in [1.807, 2.05) is 67.7 Å². The van der Waals surface area contributed by atoms with E-state index in [9.17, 15) is 4.79 Å². The van der Waals surface area contributed by atoms with Crippen molar-refractivity contribution in [3.05, 3.63) is 78.1 Å². The number of amides is 1. The molecule has 1 aromatic heterocycles. The van der Waals surface area contributed by atoms with Crippen molar-refractivity contribution >= 4 is 23.4 Å². The number of thioether (sulfide) groups is 1. The van der Waals surface area contributed by atoms with E-state index in [0.29, 0.717) is 13.2 Å². The molecule has 0 bridgehead atoms. The van der Waals surface area contributed by atoms with E-state index >= 15 is 0 Å². The average molecular weight is 364 g/mol. The van der Waals surface area contributed by atoms with Crippen molar-refractivity contribution in [2.75, 3.05) is 5.32 Å². The van der Waals surface area contributed by atoms with Crippen molar-refractivity contribution < 1.29 is 9.53 Å². The SMILES string of the molecule is CC(Sc1ccccc1)C(=O)Nc1ccc2c(c1)COCc1cccn1-2. The lowest BCUT2D eigenvalue weighted by Gasteiger charge is -2.14. The van der Waals surface area contributed by atoms with Crippen molar-refractivity contribution in [2.45, 2.75) is 30.3 Å². The van der Waals surface area contributed by atoms with Crippen LogP contribution in [0.4, 0.5) is 5.69 Å². The summed E-state index contributed by atoms with van der Waals surface area (Å²) in [4.78, 5) is 13.6. The molecule has 0 spiro atoms. The molecular weight excluding hydrogens is 344 g/mol. The van der Waals surface area contributed by atoms with Crippen molar-refractivity contribution in [1.29, 1.82) is 0 Å².